The van der Waals surface area contributed by atoms with Gasteiger partial charge in [0.25, 0.3) is 11.6 Å². The predicted molar refractivity (Wildman–Crippen MR) is 92.5 cm³/mol. The van der Waals surface area contributed by atoms with Gasteiger partial charge in [-0.2, -0.15) is 0 Å². The minimum Gasteiger partial charge on any atom is -0.366 e. The van der Waals surface area contributed by atoms with E-state index in [9.17, 15) is 14.9 Å². The number of hydrogen-bond acceptors (Lipinski definition) is 5. The fraction of sp³-hybridized carbons (Fsp3) is 0.588. The molecule has 0 spiro atoms. The van der Waals surface area contributed by atoms with Gasteiger partial charge in [-0.15, -0.1) is 0 Å². The lowest BCUT2D eigenvalue weighted by Gasteiger charge is -2.32. The average molecular weight is 332 g/mol. The number of nitro groups is 1. The van der Waals surface area contributed by atoms with Crippen LogP contribution in [0.3, 0.4) is 0 Å². The van der Waals surface area contributed by atoms with Crippen LogP contribution in [-0.2, 0) is 0 Å². The maximum absolute atomic E-state index is 12.6. The van der Waals surface area contributed by atoms with Crippen molar-refractivity contribution in [2.45, 2.75) is 19.8 Å². The number of piperazine rings is 1. The second-order valence-corrected chi connectivity index (χ2v) is 6.67. The highest BCUT2D eigenvalue weighted by molar-refractivity contribution is 5.96. The van der Waals surface area contributed by atoms with Crippen molar-refractivity contribution in [3.05, 3.63) is 33.9 Å². The van der Waals surface area contributed by atoms with E-state index in [1.54, 1.807) is 17.0 Å². The van der Waals surface area contributed by atoms with Crippen molar-refractivity contribution < 1.29 is 9.72 Å². The Balaban J connectivity index is 1.84. The number of hydrogen-bond donors (Lipinski definition) is 1. The van der Waals surface area contributed by atoms with Crippen LogP contribution in [0.25, 0.3) is 0 Å². The van der Waals surface area contributed by atoms with E-state index in [0.717, 1.165) is 39.0 Å². The van der Waals surface area contributed by atoms with Crippen LogP contribution in [0.2, 0.25) is 0 Å². The number of piperidine rings is 1. The summed E-state index contributed by atoms with van der Waals surface area (Å²) in [5.41, 5.74) is 1.06. The highest BCUT2D eigenvalue weighted by Gasteiger charge is 2.26. The Morgan fingerprint density at radius 2 is 1.88 bits per heavy atom. The third-order valence-electron chi connectivity index (χ3n) is 4.95. The lowest BCUT2D eigenvalue weighted by molar-refractivity contribution is -0.384. The largest absolute Gasteiger partial charge is 0.366 e. The first kappa shape index (κ1) is 16.7. The van der Waals surface area contributed by atoms with Gasteiger partial charge in [0.15, 0.2) is 0 Å². The molecule has 1 aromatic carbocycles. The molecule has 0 atom stereocenters. The first-order valence-electron chi connectivity index (χ1n) is 8.59. The van der Waals surface area contributed by atoms with Crippen LogP contribution in [-0.4, -0.2) is 55.0 Å². The number of nitrogens with one attached hydrogen (secondary N) is 1. The smallest absolute Gasteiger partial charge is 0.293 e. The highest BCUT2D eigenvalue weighted by Crippen LogP contribution is 2.32. The quantitative estimate of drug-likeness (QED) is 0.675. The molecule has 7 heteroatoms. The maximum atomic E-state index is 12.6. The van der Waals surface area contributed by atoms with Gasteiger partial charge in [-0.3, -0.25) is 14.9 Å². The number of nitrogens with zero attached hydrogens (tertiary/aromatic N) is 3. The fourth-order valence-electron chi connectivity index (χ4n) is 3.37. The third-order valence-corrected chi connectivity index (χ3v) is 4.95. The molecular weight excluding hydrogens is 308 g/mol. The Labute approximate surface area is 141 Å². The number of nitro benzene ring substituents is 1. The van der Waals surface area contributed by atoms with Crippen LogP contribution in [0.1, 0.15) is 30.1 Å². The highest BCUT2D eigenvalue weighted by atomic mass is 16.6. The molecule has 1 aromatic rings. The van der Waals surface area contributed by atoms with Gasteiger partial charge in [0, 0.05) is 50.9 Å². The van der Waals surface area contributed by atoms with Crippen molar-refractivity contribution in [1.29, 1.82) is 0 Å². The molecule has 0 bridgehead atoms. The van der Waals surface area contributed by atoms with Crippen molar-refractivity contribution in [3.8, 4) is 0 Å². The van der Waals surface area contributed by atoms with Gasteiger partial charge in [-0.1, -0.05) is 6.92 Å². The molecule has 1 N–H and O–H groups in total. The van der Waals surface area contributed by atoms with Crippen LogP contribution in [0.15, 0.2) is 18.2 Å². The molecule has 0 radical (unpaired) electrons. The molecule has 0 unspecified atom stereocenters. The molecular formula is C17H24N4O3. The molecule has 7 nitrogen and oxygen atoms in total. The van der Waals surface area contributed by atoms with Crippen LogP contribution in [0, 0.1) is 16.0 Å². The van der Waals surface area contributed by atoms with Gasteiger partial charge in [0.1, 0.15) is 5.69 Å². The molecule has 2 aliphatic rings. The van der Waals surface area contributed by atoms with Gasteiger partial charge in [0.05, 0.1) is 4.92 Å². The molecule has 3 rings (SSSR count). The van der Waals surface area contributed by atoms with Crippen LogP contribution in [0.5, 0.6) is 0 Å². The van der Waals surface area contributed by atoms with Crippen molar-refractivity contribution in [3.63, 3.8) is 0 Å². The normalized spacial score (nSPS) is 19.4. The topological polar surface area (TPSA) is 78.7 Å². The number of rotatable bonds is 3. The number of amides is 1. The van der Waals surface area contributed by atoms with Gasteiger partial charge in [0.2, 0.25) is 0 Å². The Hall–Kier alpha value is -2.15. The van der Waals surface area contributed by atoms with Gasteiger partial charge in [-0.05, 0) is 30.9 Å². The first-order chi connectivity index (χ1) is 11.6. The van der Waals surface area contributed by atoms with Crippen molar-refractivity contribution >= 4 is 17.3 Å². The summed E-state index contributed by atoms with van der Waals surface area (Å²) in [7, 11) is 0. The molecule has 2 fully saturated rings. The molecule has 0 aromatic heterocycles. The zero-order valence-corrected chi connectivity index (χ0v) is 14.0. The maximum Gasteiger partial charge on any atom is 0.293 e. The number of anilines is 1. The summed E-state index contributed by atoms with van der Waals surface area (Å²) in [5.74, 6) is 0.535. The predicted octanol–water partition coefficient (Wildman–Crippen LogP) is 1.88. The molecule has 2 saturated heterocycles. The monoisotopic (exact) mass is 332 g/mol. The second-order valence-electron chi connectivity index (χ2n) is 6.67. The van der Waals surface area contributed by atoms with E-state index in [0.29, 0.717) is 30.3 Å². The molecule has 0 saturated carbocycles. The second kappa shape index (κ2) is 7.17. The summed E-state index contributed by atoms with van der Waals surface area (Å²) in [6.45, 7) is 6.66. The average Bonchev–Trinajstić information content (AvgIpc) is 2.62. The van der Waals surface area contributed by atoms with E-state index in [1.807, 2.05) is 0 Å². The summed E-state index contributed by atoms with van der Waals surface area (Å²) in [4.78, 5) is 27.5. The molecule has 1 amide bonds. The van der Waals surface area contributed by atoms with Crippen LogP contribution < -0.4 is 10.2 Å². The van der Waals surface area contributed by atoms with E-state index in [-0.39, 0.29) is 16.5 Å². The van der Waals surface area contributed by atoms with Gasteiger partial charge >= 0.3 is 0 Å². The van der Waals surface area contributed by atoms with Gasteiger partial charge in [-0.25, -0.2) is 0 Å². The molecule has 2 heterocycles. The van der Waals surface area contributed by atoms with Crippen molar-refractivity contribution in [2.75, 3.05) is 44.2 Å². The first-order valence-corrected chi connectivity index (χ1v) is 8.59. The number of benzene rings is 1. The summed E-state index contributed by atoms with van der Waals surface area (Å²) in [6.07, 6.45) is 2.08. The Morgan fingerprint density at radius 1 is 1.21 bits per heavy atom. The molecule has 2 aliphatic heterocycles. The Bertz CT molecular complexity index is 620. The van der Waals surface area contributed by atoms with E-state index < -0.39 is 0 Å². The number of carbonyl (C=O) groups is 1. The summed E-state index contributed by atoms with van der Waals surface area (Å²) in [5, 5.41) is 14.7. The minimum absolute atomic E-state index is 0.0329. The van der Waals surface area contributed by atoms with Crippen molar-refractivity contribution in [2.24, 2.45) is 5.92 Å². The van der Waals surface area contributed by atoms with Gasteiger partial charge < -0.3 is 15.1 Å². The van der Waals surface area contributed by atoms with Crippen LogP contribution in [0.4, 0.5) is 11.4 Å². The molecule has 130 valence electrons. The van der Waals surface area contributed by atoms with E-state index in [4.69, 9.17) is 0 Å². The zero-order chi connectivity index (χ0) is 17.1. The lowest BCUT2D eigenvalue weighted by atomic mass is 9.98. The fourth-order valence-corrected chi connectivity index (χ4v) is 3.37. The number of carbonyl (C=O) groups excluding carboxylic acids is 1. The van der Waals surface area contributed by atoms with E-state index in [2.05, 4.69) is 17.1 Å². The zero-order valence-electron chi connectivity index (χ0n) is 14.0. The minimum atomic E-state index is -0.373. The summed E-state index contributed by atoms with van der Waals surface area (Å²) < 4.78 is 0. The third kappa shape index (κ3) is 3.51. The SMILES string of the molecule is CC1CCN(c2ccc(C(=O)N3CCNCC3)cc2[N+](=O)[O-])CC1. The molecule has 0 aliphatic carbocycles. The summed E-state index contributed by atoms with van der Waals surface area (Å²) >= 11 is 0. The Kier molecular flexibility index (Phi) is 4.99. The van der Waals surface area contributed by atoms with Crippen LogP contribution >= 0.6 is 0 Å². The summed E-state index contributed by atoms with van der Waals surface area (Å²) in [6, 6.07) is 4.91. The van der Waals surface area contributed by atoms with Crippen molar-refractivity contribution in [1.82, 2.24) is 10.2 Å². The standard InChI is InChI=1S/C17H24N4O3/c1-13-4-8-19(9-5-13)15-3-2-14(12-16(15)21(23)24)17(22)20-10-6-18-7-11-20/h2-3,12-13,18H,4-11H2,1H3. The lowest BCUT2D eigenvalue weighted by Crippen LogP contribution is -2.46. The molecule has 24 heavy (non-hydrogen) atoms. The van der Waals surface area contributed by atoms with E-state index >= 15 is 0 Å². The van der Waals surface area contributed by atoms with E-state index in [1.165, 1.54) is 6.07 Å². The Morgan fingerprint density at radius 3 is 2.50 bits per heavy atom.